The highest BCUT2D eigenvalue weighted by molar-refractivity contribution is 6.31. The molecule has 1 saturated heterocycles. The Balaban J connectivity index is 1.74. The van der Waals surface area contributed by atoms with Crippen LogP contribution in [0.3, 0.4) is 0 Å². The zero-order valence-corrected chi connectivity index (χ0v) is 14.8. The van der Waals surface area contributed by atoms with Crippen LogP contribution in [0.2, 0.25) is 5.02 Å². The molecular formula is C18H22ClN3O2. The molecule has 0 aliphatic carbocycles. The molecule has 0 bridgehead atoms. The Morgan fingerprint density at radius 1 is 1.46 bits per heavy atom. The van der Waals surface area contributed by atoms with E-state index < -0.39 is 0 Å². The van der Waals surface area contributed by atoms with Crippen LogP contribution in [0, 0.1) is 6.92 Å². The maximum atomic E-state index is 12.7. The number of rotatable bonds is 4. The Labute approximate surface area is 147 Å². The molecule has 2 amide bonds. The van der Waals surface area contributed by atoms with Crippen LogP contribution in [0.4, 0.5) is 10.5 Å². The van der Waals surface area contributed by atoms with E-state index in [-0.39, 0.29) is 12.1 Å². The van der Waals surface area contributed by atoms with E-state index in [1.165, 1.54) is 0 Å². The summed E-state index contributed by atoms with van der Waals surface area (Å²) in [6.45, 7) is 4.76. The minimum Gasteiger partial charge on any atom is -0.361 e. The van der Waals surface area contributed by atoms with Crippen molar-refractivity contribution in [3.8, 4) is 0 Å². The number of carbonyl (C=O) groups excluding carboxylic acids is 1. The van der Waals surface area contributed by atoms with Crippen molar-refractivity contribution >= 4 is 23.3 Å². The standard InChI is InChI=1S/C18H22ClN3O2/c1-3-5-14-11-16(21-24-14)17-6-4-9-22(17)18(23)20-15-10-13(19)8-7-12(15)2/h7-8,10-11,17H,3-6,9H2,1-2H3,(H,20,23)/t17-/m1/s1. The van der Waals surface area contributed by atoms with E-state index in [1.54, 1.807) is 6.07 Å². The number of hydrogen-bond donors (Lipinski definition) is 1. The highest BCUT2D eigenvalue weighted by Gasteiger charge is 2.32. The van der Waals surface area contributed by atoms with Gasteiger partial charge in [0.15, 0.2) is 0 Å². The van der Waals surface area contributed by atoms with Crippen molar-refractivity contribution in [2.45, 2.75) is 45.6 Å². The van der Waals surface area contributed by atoms with Crippen LogP contribution >= 0.6 is 11.6 Å². The summed E-state index contributed by atoms with van der Waals surface area (Å²) in [7, 11) is 0. The largest absolute Gasteiger partial charge is 0.361 e. The Bertz CT molecular complexity index is 729. The third-order valence-electron chi connectivity index (χ3n) is 4.37. The minimum absolute atomic E-state index is 0.0288. The van der Waals surface area contributed by atoms with Crippen LogP contribution in [0.15, 0.2) is 28.8 Å². The summed E-state index contributed by atoms with van der Waals surface area (Å²) >= 11 is 6.03. The number of nitrogens with zero attached hydrogens (tertiary/aromatic N) is 2. The van der Waals surface area contributed by atoms with Gasteiger partial charge in [-0.2, -0.15) is 0 Å². The lowest BCUT2D eigenvalue weighted by molar-refractivity contribution is 0.204. The first kappa shape index (κ1) is 16.8. The molecule has 3 rings (SSSR count). The van der Waals surface area contributed by atoms with Gasteiger partial charge in [-0.15, -0.1) is 0 Å². The fourth-order valence-electron chi connectivity index (χ4n) is 3.08. The first-order valence-corrected chi connectivity index (χ1v) is 8.75. The molecule has 0 unspecified atom stereocenters. The lowest BCUT2D eigenvalue weighted by Crippen LogP contribution is -2.34. The number of anilines is 1. The molecule has 1 aromatic heterocycles. The fourth-order valence-corrected chi connectivity index (χ4v) is 3.26. The second-order valence-electron chi connectivity index (χ2n) is 6.21. The molecule has 5 nitrogen and oxygen atoms in total. The van der Waals surface area contributed by atoms with Gasteiger partial charge < -0.3 is 14.7 Å². The smallest absolute Gasteiger partial charge is 0.322 e. The first-order chi connectivity index (χ1) is 11.6. The summed E-state index contributed by atoms with van der Waals surface area (Å²) < 4.78 is 5.37. The number of nitrogens with one attached hydrogen (secondary N) is 1. The van der Waals surface area contributed by atoms with Crippen LogP contribution in [-0.4, -0.2) is 22.6 Å². The lowest BCUT2D eigenvalue weighted by Gasteiger charge is -2.23. The summed E-state index contributed by atoms with van der Waals surface area (Å²) in [6.07, 6.45) is 3.74. The average Bonchev–Trinajstić information content (AvgIpc) is 3.20. The predicted octanol–water partition coefficient (Wildman–Crippen LogP) is 4.96. The molecule has 2 heterocycles. The van der Waals surface area contributed by atoms with Crippen LogP contribution in [0.25, 0.3) is 0 Å². The molecule has 24 heavy (non-hydrogen) atoms. The molecule has 6 heteroatoms. The number of likely N-dealkylation sites (tertiary alicyclic amines) is 1. The SMILES string of the molecule is CCCc1cc([C@H]2CCCN2C(=O)Nc2cc(Cl)ccc2C)no1. The fraction of sp³-hybridized carbons (Fsp3) is 0.444. The number of benzene rings is 1. The maximum Gasteiger partial charge on any atom is 0.322 e. The molecule has 1 aliphatic rings. The van der Waals surface area contributed by atoms with Gasteiger partial charge in [0.2, 0.25) is 0 Å². The van der Waals surface area contributed by atoms with Gasteiger partial charge in [-0.1, -0.05) is 29.7 Å². The molecule has 1 aliphatic heterocycles. The second-order valence-corrected chi connectivity index (χ2v) is 6.65. The van der Waals surface area contributed by atoms with E-state index in [1.807, 2.05) is 30.0 Å². The molecular weight excluding hydrogens is 326 g/mol. The molecule has 0 saturated carbocycles. The van der Waals surface area contributed by atoms with Crippen molar-refractivity contribution in [1.82, 2.24) is 10.1 Å². The zero-order chi connectivity index (χ0) is 17.1. The van der Waals surface area contributed by atoms with Crippen LogP contribution in [-0.2, 0) is 6.42 Å². The van der Waals surface area contributed by atoms with E-state index in [2.05, 4.69) is 17.4 Å². The van der Waals surface area contributed by atoms with Crippen molar-refractivity contribution in [2.75, 3.05) is 11.9 Å². The van der Waals surface area contributed by atoms with Gasteiger partial charge in [0.1, 0.15) is 11.5 Å². The molecule has 1 aromatic carbocycles. The van der Waals surface area contributed by atoms with Gasteiger partial charge in [0, 0.05) is 29.7 Å². The molecule has 1 N–H and O–H groups in total. The Kier molecular flexibility index (Phi) is 5.09. The van der Waals surface area contributed by atoms with Gasteiger partial charge in [0.25, 0.3) is 0 Å². The highest BCUT2D eigenvalue weighted by Crippen LogP contribution is 2.32. The third-order valence-corrected chi connectivity index (χ3v) is 4.60. The van der Waals surface area contributed by atoms with Crippen molar-refractivity contribution in [3.05, 3.63) is 46.3 Å². The Hall–Kier alpha value is -2.01. The monoisotopic (exact) mass is 347 g/mol. The molecule has 0 radical (unpaired) electrons. The van der Waals surface area contributed by atoms with Gasteiger partial charge in [0.05, 0.1) is 6.04 Å². The van der Waals surface area contributed by atoms with Crippen molar-refractivity contribution in [2.24, 2.45) is 0 Å². The van der Waals surface area contributed by atoms with E-state index in [4.69, 9.17) is 16.1 Å². The normalized spacial score (nSPS) is 17.3. The molecule has 2 aromatic rings. The first-order valence-electron chi connectivity index (χ1n) is 8.37. The number of aromatic nitrogens is 1. The number of amides is 2. The van der Waals surface area contributed by atoms with Crippen molar-refractivity contribution < 1.29 is 9.32 Å². The van der Waals surface area contributed by atoms with E-state index in [9.17, 15) is 4.79 Å². The van der Waals surface area contributed by atoms with Crippen LogP contribution in [0.1, 0.15) is 49.2 Å². The summed E-state index contributed by atoms with van der Waals surface area (Å²) in [5.41, 5.74) is 2.56. The van der Waals surface area contributed by atoms with E-state index in [0.29, 0.717) is 11.6 Å². The number of carbonyl (C=O) groups is 1. The summed E-state index contributed by atoms with van der Waals surface area (Å²) in [4.78, 5) is 14.5. The number of hydrogen-bond acceptors (Lipinski definition) is 3. The summed E-state index contributed by atoms with van der Waals surface area (Å²) in [5.74, 6) is 0.880. The topological polar surface area (TPSA) is 58.4 Å². The van der Waals surface area contributed by atoms with Gasteiger partial charge in [-0.3, -0.25) is 0 Å². The van der Waals surface area contributed by atoms with Gasteiger partial charge >= 0.3 is 6.03 Å². The summed E-state index contributed by atoms with van der Waals surface area (Å²) in [5, 5.41) is 7.75. The van der Waals surface area contributed by atoms with Gasteiger partial charge in [-0.05, 0) is 43.9 Å². The molecule has 1 fully saturated rings. The predicted molar refractivity (Wildman–Crippen MR) is 94.4 cm³/mol. The number of urea groups is 1. The van der Waals surface area contributed by atoms with Gasteiger partial charge in [-0.25, -0.2) is 4.79 Å². The third kappa shape index (κ3) is 3.56. The quantitative estimate of drug-likeness (QED) is 0.850. The highest BCUT2D eigenvalue weighted by atomic mass is 35.5. The average molecular weight is 348 g/mol. The number of halogens is 1. The summed E-state index contributed by atoms with van der Waals surface area (Å²) in [6, 6.07) is 7.31. The Morgan fingerprint density at radius 2 is 2.29 bits per heavy atom. The molecule has 1 atom stereocenters. The van der Waals surface area contributed by atoms with E-state index >= 15 is 0 Å². The van der Waals surface area contributed by atoms with Crippen LogP contribution in [0.5, 0.6) is 0 Å². The van der Waals surface area contributed by atoms with Crippen LogP contribution < -0.4 is 5.32 Å². The molecule has 128 valence electrons. The number of aryl methyl sites for hydroxylation is 2. The van der Waals surface area contributed by atoms with Crippen molar-refractivity contribution in [1.29, 1.82) is 0 Å². The molecule has 0 spiro atoms. The maximum absolute atomic E-state index is 12.7. The van der Waals surface area contributed by atoms with Crippen molar-refractivity contribution in [3.63, 3.8) is 0 Å². The van der Waals surface area contributed by atoms with E-state index in [0.717, 1.165) is 48.4 Å². The zero-order valence-electron chi connectivity index (χ0n) is 14.0. The Morgan fingerprint density at radius 3 is 3.08 bits per heavy atom. The minimum atomic E-state index is -0.122. The lowest BCUT2D eigenvalue weighted by atomic mass is 10.1. The second kappa shape index (κ2) is 7.26.